The van der Waals surface area contributed by atoms with Gasteiger partial charge in [0.05, 0.1) is 24.8 Å². The van der Waals surface area contributed by atoms with E-state index in [1.165, 1.54) is 26.9 Å². The molecule has 4 N–H and O–H groups in total. The number of oxime groups is 1. The summed E-state index contributed by atoms with van der Waals surface area (Å²) in [4.78, 5) is 49.5. The van der Waals surface area contributed by atoms with Crippen molar-refractivity contribution in [2.75, 3.05) is 31.2 Å². The number of amides is 2. The lowest BCUT2D eigenvalue weighted by molar-refractivity contribution is -0.905. The van der Waals surface area contributed by atoms with Crippen LogP contribution in [0, 0.1) is 12.3 Å². The van der Waals surface area contributed by atoms with Crippen LogP contribution in [-0.2, 0) is 19.2 Å². The molecule has 1 aromatic rings. The van der Waals surface area contributed by atoms with Crippen molar-refractivity contribution in [3.8, 4) is 12.3 Å². The fourth-order valence-corrected chi connectivity index (χ4v) is 6.44. The van der Waals surface area contributed by atoms with E-state index in [-0.39, 0.29) is 34.9 Å². The molecule has 0 bridgehead atoms. The Hall–Kier alpha value is -3.08. The molecular weight excluding hydrogens is 480 g/mol. The second kappa shape index (κ2) is 10.0. The number of quaternary nitrogens is 1. The summed E-state index contributed by atoms with van der Waals surface area (Å²) >= 11 is 2.53. The number of thiazole rings is 1. The summed E-state index contributed by atoms with van der Waals surface area (Å²) in [6.07, 6.45) is 7.35. The molecule has 3 aliphatic rings. The number of aliphatic carboxylic acids is 1. The SMILES string of the molecule is C#CCO/N=C(\C(=O)NC1C(=O)N2C(C(=O)[O-])=C(C(C)[NH+]3CCCC3)CS[C@H]12)c1csc(N)n1. The zero-order valence-electron chi connectivity index (χ0n) is 18.4. The van der Waals surface area contributed by atoms with E-state index in [2.05, 4.69) is 21.4 Å². The molecule has 0 radical (unpaired) electrons. The topological polar surface area (TPSA) is 154 Å². The van der Waals surface area contributed by atoms with Gasteiger partial charge in [0.1, 0.15) is 23.2 Å². The number of likely N-dealkylation sites (tertiary alicyclic amines) is 1. The summed E-state index contributed by atoms with van der Waals surface area (Å²) in [7, 11) is 0. The number of nitrogens with one attached hydrogen (secondary N) is 2. The molecule has 34 heavy (non-hydrogen) atoms. The highest BCUT2D eigenvalue weighted by molar-refractivity contribution is 8.00. The lowest BCUT2D eigenvalue weighted by Gasteiger charge is -2.51. The van der Waals surface area contributed by atoms with Crippen LogP contribution in [0.25, 0.3) is 0 Å². The number of hydrogen-bond donors (Lipinski definition) is 3. The van der Waals surface area contributed by atoms with Gasteiger partial charge in [0, 0.05) is 29.5 Å². The molecule has 1 aromatic heterocycles. The number of thioether (sulfide) groups is 1. The number of rotatable bonds is 8. The second-order valence-electron chi connectivity index (χ2n) is 8.10. The molecule has 11 nitrogen and oxygen atoms in total. The number of anilines is 1. The van der Waals surface area contributed by atoms with Gasteiger partial charge in [-0.25, -0.2) is 4.98 Å². The molecule has 13 heteroatoms. The lowest BCUT2D eigenvalue weighted by atomic mass is 9.99. The smallest absolute Gasteiger partial charge is 0.276 e. The Morgan fingerprint density at radius 3 is 2.85 bits per heavy atom. The van der Waals surface area contributed by atoms with Crippen LogP contribution in [0.15, 0.2) is 21.8 Å². The van der Waals surface area contributed by atoms with Crippen molar-refractivity contribution < 1.29 is 29.2 Å². The number of hydrogen-bond acceptors (Lipinski definition) is 10. The van der Waals surface area contributed by atoms with Gasteiger partial charge in [0.2, 0.25) is 0 Å². The fraction of sp³-hybridized carbons (Fsp3) is 0.476. The molecule has 0 saturated carbocycles. The molecule has 4 heterocycles. The van der Waals surface area contributed by atoms with Crippen LogP contribution < -0.4 is 21.1 Å². The Balaban J connectivity index is 1.53. The van der Waals surface area contributed by atoms with Gasteiger partial charge >= 0.3 is 0 Å². The monoisotopic (exact) mass is 504 g/mol. The summed E-state index contributed by atoms with van der Waals surface area (Å²) in [5.41, 5.74) is 6.27. The number of nitrogens with two attached hydrogens (primary N) is 1. The Kier molecular flexibility index (Phi) is 7.11. The van der Waals surface area contributed by atoms with Crippen LogP contribution in [0.2, 0.25) is 0 Å². The fourth-order valence-electron chi connectivity index (χ4n) is 4.42. The quantitative estimate of drug-likeness (QED) is 0.116. The number of nitrogen functional groups attached to an aromatic ring is 1. The standard InChI is InChI=1S/C21H24N6O5S2/c1-3-8-32-25-14(13-10-34-21(22)23-13)17(28)24-15-18(29)27-16(20(30)31)12(9-33-19(15)27)11(2)26-6-4-5-7-26/h1,10-11,15,19H,4-9H2,2H3,(H2,22,23)(H,24,28)(H,30,31)/b25-14-/t11?,15?,19-/m1/s1. The van der Waals surface area contributed by atoms with Crippen LogP contribution in [0.4, 0.5) is 5.13 Å². The van der Waals surface area contributed by atoms with Crippen molar-refractivity contribution in [3.05, 3.63) is 22.3 Å². The van der Waals surface area contributed by atoms with E-state index in [9.17, 15) is 19.5 Å². The third kappa shape index (κ3) is 4.48. The van der Waals surface area contributed by atoms with Crippen molar-refractivity contribution in [1.29, 1.82) is 0 Å². The Morgan fingerprint density at radius 1 is 1.50 bits per heavy atom. The number of carbonyl (C=O) groups excluding carboxylic acids is 3. The highest BCUT2D eigenvalue weighted by Gasteiger charge is 2.54. The third-order valence-corrected chi connectivity index (χ3v) is 8.12. The van der Waals surface area contributed by atoms with Crippen molar-refractivity contribution in [2.45, 2.75) is 37.2 Å². The van der Waals surface area contributed by atoms with E-state index in [4.69, 9.17) is 17.0 Å². The summed E-state index contributed by atoms with van der Waals surface area (Å²) in [6, 6.07) is -0.968. The first-order valence-electron chi connectivity index (χ1n) is 10.7. The maximum atomic E-state index is 13.0. The first-order valence-corrected chi connectivity index (χ1v) is 12.7. The molecule has 2 saturated heterocycles. The van der Waals surface area contributed by atoms with E-state index in [0.29, 0.717) is 11.3 Å². The highest BCUT2D eigenvalue weighted by Crippen LogP contribution is 2.40. The number of β-lactam (4-membered cyclic amide) rings is 1. The number of carboxylic acid groups (broad SMARTS) is 1. The van der Waals surface area contributed by atoms with Crippen LogP contribution in [0.3, 0.4) is 0 Å². The zero-order valence-corrected chi connectivity index (χ0v) is 20.0. The zero-order chi connectivity index (χ0) is 24.4. The minimum absolute atomic E-state index is 0.0348. The van der Waals surface area contributed by atoms with Crippen molar-refractivity contribution in [3.63, 3.8) is 0 Å². The van der Waals surface area contributed by atoms with E-state index >= 15 is 0 Å². The number of carbonyl (C=O) groups is 3. The van der Waals surface area contributed by atoms with Crippen molar-refractivity contribution in [2.24, 2.45) is 5.16 Å². The summed E-state index contributed by atoms with van der Waals surface area (Å²) < 4.78 is 0. The van der Waals surface area contributed by atoms with Gasteiger partial charge in [-0.05, 0) is 6.92 Å². The summed E-state index contributed by atoms with van der Waals surface area (Å²) in [5, 5.41) is 19.6. The lowest BCUT2D eigenvalue weighted by Crippen LogP contribution is -3.13. The summed E-state index contributed by atoms with van der Waals surface area (Å²) in [6.45, 7) is 3.76. The number of terminal acetylenes is 1. The van der Waals surface area contributed by atoms with Gasteiger partial charge in [0.15, 0.2) is 17.5 Å². The minimum Gasteiger partial charge on any atom is -0.543 e. The first-order chi connectivity index (χ1) is 16.3. The van der Waals surface area contributed by atoms with Crippen molar-refractivity contribution in [1.82, 2.24) is 15.2 Å². The normalized spacial score (nSPS) is 23.7. The number of nitrogens with zero attached hydrogens (tertiary/aromatic N) is 3. The predicted octanol–water partition coefficient (Wildman–Crippen LogP) is -2.45. The van der Waals surface area contributed by atoms with Gasteiger partial charge in [-0.3, -0.25) is 14.5 Å². The first kappa shape index (κ1) is 24.1. The predicted molar refractivity (Wildman–Crippen MR) is 124 cm³/mol. The van der Waals surface area contributed by atoms with Gasteiger partial charge in [-0.15, -0.1) is 29.5 Å². The number of carboxylic acids is 1. The maximum absolute atomic E-state index is 13.0. The number of aromatic nitrogens is 1. The molecule has 0 spiro atoms. The van der Waals surface area contributed by atoms with Gasteiger partial charge < -0.3 is 30.7 Å². The van der Waals surface area contributed by atoms with E-state index < -0.39 is 29.2 Å². The molecule has 2 amide bonds. The molecule has 4 rings (SSSR count). The molecule has 0 aromatic carbocycles. The van der Waals surface area contributed by atoms with E-state index in [0.717, 1.165) is 37.3 Å². The average Bonchev–Trinajstić information content (AvgIpc) is 3.50. The van der Waals surface area contributed by atoms with Crippen LogP contribution in [0.5, 0.6) is 0 Å². The average molecular weight is 505 g/mol. The Labute approximate surface area is 204 Å². The Bertz CT molecular complexity index is 1100. The van der Waals surface area contributed by atoms with E-state index in [1.54, 1.807) is 0 Å². The molecule has 0 aliphatic carbocycles. The number of fused-ring (bicyclic) bond motifs is 1. The maximum Gasteiger partial charge on any atom is 0.276 e. The van der Waals surface area contributed by atoms with Gasteiger partial charge in [0.25, 0.3) is 11.8 Å². The van der Waals surface area contributed by atoms with Gasteiger partial charge in [-0.2, -0.15) is 0 Å². The molecule has 2 unspecified atom stereocenters. The molecule has 2 fully saturated rings. The van der Waals surface area contributed by atoms with Gasteiger partial charge in [-0.1, -0.05) is 11.1 Å². The third-order valence-electron chi connectivity index (χ3n) is 6.14. The highest BCUT2D eigenvalue weighted by atomic mass is 32.2. The van der Waals surface area contributed by atoms with Crippen LogP contribution in [0.1, 0.15) is 25.5 Å². The molecule has 3 atom stereocenters. The molecule has 3 aliphatic heterocycles. The van der Waals surface area contributed by atoms with E-state index in [1.807, 2.05) is 6.92 Å². The summed E-state index contributed by atoms with van der Waals surface area (Å²) in [5.74, 6) is 0.0618. The molecular formula is C21H24N6O5S2. The Morgan fingerprint density at radius 2 is 2.24 bits per heavy atom. The van der Waals surface area contributed by atoms with Crippen molar-refractivity contribution >= 4 is 51.7 Å². The largest absolute Gasteiger partial charge is 0.543 e. The van der Waals surface area contributed by atoms with Crippen LogP contribution >= 0.6 is 23.1 Å². The van der Waals surface area contributed by atoms with Crippen LogP contribution in [-0.4, -0.2) is 76.3 Å². The minimum atomic E-state index is -1.38. The molecule has 180 valence electrons. The second-order valence-corrected chi connectivity index (χ2v) is 10.1.